The molecule has 17 heavy (non-hydrogen) atoms. The van der Waals surface area contributed by atoms with Gasteiger partial charge in [-0.25, -0.2) is 0 Å². The third kappa shape index (κ3) is 2.67. The van der Waals surface area contributed by atoms with Crippen LogP contribution in [0.3, 0.4) is 0 Å². The van der Waals surface area contributed by atoms with Gasteiger partial charge in [0.2, 0.25) is 0 Å². The van der Waals surface area contributed by atoms with Crippen molar-refractivity contribution in [3.63, 3.8) is 0 Å². The molecular formula is C13H15NO3. The zero-order valence-electron chi connectivity index (χ0n) is 9.68. The van der Waals surface area contributed by atoms with Crippen LogP contribution in [0.1, 0.15) is 5.56 Å². The lowest BCUT2D eigenvalue weighted by molar-refractivity contribution is 0.0515. The summed E-state index contributed by atoms with van der Waals surface area (Å²) in [6, 6.07) is 7.75. The highest BCUT2D eigenvalue weighted by molar-refractivity contribution is 5.70. The zero-order valence-corrected chi connectivity index (χ0v) is 9.68. The highest BCUT2D eigenvalue weighted by Gasteiger charge is 2.08. The molecule has 1 aromatic carbocycles. The van der Waals surface area contributed by atoms with E-state index in [-0.39, 0.29) is 6.79 Å². The molecule has 4 heteroatoms. The van der Waals surface area contributed by atoms with Gasteiger partial charge in [0.05, 0.1) is 12.5 Å². The molecule has 4 nitrogen and oxygen atoms in total. The normalized spacial score (nSPS) is 10.5. The van der Waals surface area contributed by atoms with Crippen molar-refractivity contribution in [2.75, 3.05) is 13.9 Å². The van der Waals surface area contributed by atoms with Crippen molar-refractivity contribution in [3.8, 4) is 16.9 Å². The minimum atomic E-state index is 0.207. The van der Waals surface area contributed by atoms with Gasteiger partial charge in [-0.15, -0.1) is 0 Å². The smallest absolute Gasteiger partial charge is 0.188 e. The van der Waals surface area contributed by atoms with E-state index in [9.17, 15) is 0 Å². The largest absolute Gasteiger partial charge is 0.472 e. The Bertz CT molecular complexity index is 466. The molecule has 0 fully saturated rings. The van der Waals surface area contributed by atoms with Crippen molar-refractivity contribution < 1.29 is 13.9 Å². The summed E-state index contributed by atoms with van der Waals surface area (Å²) < 4.78 is 15.5. The second-order valence-corrected chi connectivity index (χ2v) is 3.60. The van der Waals surface area contributed by atoms with Gasteiger partial charge in [0.25, 0.3) is 0 Å². The van der Waals surface area contributed by atoms with E-state index in [0.717, 1.165) is 22.4 Å². The van der Waals surface area contributed by atoms with Gasteiger partial charge in [-0.05, 0) is 17.7 Å². The Morgan fingerprint density at radius 2 is 2.18 bits per heavy atom. The molecule has 2 aromatic rings. The Morgan fingerprint density at radius 1 is 1.29 bits per heavy atom. The molecule has 0 radical (unpaired) electrons. The number of rotatable bonds is 5. The lowest BCUT2D eigenvalue weighted by atomic mass is 10.1. The first-order valence-corrected chi connectivity index (χ1v) is 5.32. The van der Waals surface area contributed by atoms with Crippen LogP contribution in [0.25, 0.3) is 11.1 Å². The summed E-state index contributed by atoms with van der Waals surface area (Å²) in [7, 11) is 1.59. The van der Waals surface area contributed by atoms with Gasteiger partial charge in [-0.3, -0.25) is 0 Å². The average molecular weight is 233 g/mol. The number of methoxy groups -OCH3 is 1. The fourth-order valence-electron chi connectivity index (χ4n) is 1.59. The van der Waals surface area contributed by atoms with Gasteiger partial charge in [0, 0.05) is 24.8 Å². The number of hydrogen-bond donors (Lipinski definition) is 1. The number of hydrogen-bond acceptors (Lipinski definition) is 4. The lowest BCUT2D eigenvalue weighted by Crippen LogP contribution is -2.02. The van der Waals surface area contributed by atoms with Crippen LogP contribution in [-0.4, -0.2) is 13.9 Å². The third-order valence-corrected chi connectivity index (χ3v) is 2.45. The second kappa shape index (κ2) is 5.52. The molecule has 0 aliphatic heterocycles. The molecule has 90 valence electrons. The number of ether oxygens (including phenoxy) is 2. The molecule has 0 aliphatic rings. The first-order chi connectivity index (χ1) is 8.35. The van der Waals surface area contributed by atoms with Crippen LogP contribution in [0, 0.1) is 0 Å². The minimum Gasteiger partial charge on any atom is -0.472 e. The molecule has 0 saturated carbocycles. The van der Waals surface area contributed by atoms with Gasteiger partial charge in [-0.1, -0.05) is 12.1 Å². The van der Waals surface area contributed by atoms with E-state index < -0.39 is 0 Å². The van der Waals surface area contributed by atoms with Crippen LogP contribution in [0.15, 0.2) is 41.2 Å². The van der Waals surface area contributed by atoms with Crippen LogP contribution >= 0.6 is 0 Å². The first-order valence-electron chi connectivity index (χ1n) is 5.32. The summed E-state index contributed by atoms with van der Waals surface area (Å²) in [6.45, 7) is 0.688. The summed E-state index contributed by atoms with van der Waals surface area (Å²) in [4.78, 5) is 0. The predicted molar refractivity (Wildman–Crippen MR) is 64.5 cm³/mol. The molecule has 0 unspecified atom stereocenters. The lowest BCUT2D eigenvalue weighted by Gasteiger charge is -2.11. The monoisotopic (exact) mass is 233 g/mol. The van der Waals surface area contributed by atoms with E-state index >= 15 is 0 Å². The number of furan rings is 1. The molecule has 2 N–H and O–H groups in total. The molecule has 0 saturated heterocycles. The first kappa shape index (κ1) is 11.7. The van der Waals surface area contributed by atoms with Crippen molar-refractivity contribution >= 4 is 0 Å². The van der Waals surface area contributed by atoms with Crippen molar-refractivity contribution in [1.29, 1.82) is 0 Å². The van der Waals surface area contributed by atoms with Gasteiger partial charge in [0.15, 0.2) is 6.79 Å². The fraction of sp³-hybridized carbons (Fsp3) is 0.231. The van der Waals surface area contributed by atoms with Crippen LogP contribution in [0.4, 0.5) is 0 Å². The molecule has 1 aromatic heterocycles. The predicted octanol–water partition coefficient (Wildman–Crippen LogP) is 2.39. The Hall–Kier alpha value is -1.78. The Kier molecular flexibility index (Phi) is 3.80. The topological polar surface area (TPSA) is 57.6 Å². The Morgan fingerprint density at radius 3 is 2.82 bits per heavy atom. The van der Waals surface area contributed by atoms with E-state index in [1.807, 2.05) is 24.3 Å². The van der Waals surface area contributed by atoms with Crippen LogP contribution in [0.2, 0.25) is 0 Å². The van der Waals surface area contributed by atoms with E-state index in [1.165, 1.54) is 0 Å². The van der Waals surface area contributed by atoms with Gasteiger partial charge >= 0.3 is 0 Å². The Balaban J connectivity index is 2.36. The quantitative estimate of drug-likeness (QED) is 0.805. The van der Waals surface area contributed by atoms with Crippen molar-refractivity contribution in [3.05, 3.63) is 42.4 Å². The zero-order chi connectivity index (χ0) is 12.1. The van der Waals surface area contributed by atoms with E-state index in [4.69, 9.17) is 19.6 Å². The molecule has 2 rings (SSSR count). The van der Waals surface area contributed by atoms with Crippen molar-refractivity contribution in [1.82, 2.24) is 0 Å². The van der Waals surface area contributed by atoms with E-state index in [1.54, 1.807) is 19.6 Å². The summed E-state index contributed by atoms with van der Waals surface area (Å²) >= 11 is 0. The maximum atomic E-state index is 5.61. The standard InChI is InChI=1S/C13H15NO3/c1-15-9-17-13-6-10(7-14)2-3-12(13)11-4-5-16-8-11/h2-6,8H,7,9,14H2,1H3. The molecule has 0 spiro atoms. The van der Waals surface area contributed by atoms with E-state index in [0.29, 0.717) is 6.54 Å². The van der Waals surface area contributed by atoms with Crippen molar-refractivity contribution in [2.24, 2.45) is 5.73 Å². The average Bonchev–Trinajstić information content (AvgIpc) is 2.89. The molecule has 0 atom stereocenters. The maximum Gasteiger partial charge on any atom is 0.188 e. The van der Waals surface area contributed by atoms with Crippen LogP contribution in [0.5, 0.6) is 5.75 Å². The molecule has 0 amide bonds. The maximum absolute atomic E-state index is 5.61. The summed E-state index contributed by atoms with van der Waals surface area (Å²) in [6.07, 6.45) is 3.31. The third-order valence-electron chi connectivity index (χ3n) is 2.45. The molecular weight excluding hydrogens is 218 g/mol. The van der Waals surface area contributed by atoms with Crippen molar-refractivity contribution in [2.45, 2.75) is 6.54 Å². The summed E-state index contributed by atoms with van der Waals surface area (Å²) in [5.74, 6) is 0.746. The van der Waals surface area contributed by atoms with Crippen LogP contribution in [-0.2, 0) is 11.3 Å². The minimum absolute atomic E-state index is 0.207. The van der Waals surface area contributed by atoms with Gasteiger partial charge < -0.3 is 19.6 Å². The molecule has 0 bridgehead atoms. The summed E-state index contributed by atoms with van der Waals surface area (Å²) in [5, 5.41) is 0. The fourth-order valence-corrected chi connectivity index (χ4v) is 1.59. The van der Waals surface area contributed by atoms with Crippen LogP contribution < -0.4 is 10.5 Å². The summed E-state index contributed by atoms with van der Waals surface area (Å²) in [5.41, 5.74) is 8.57. The number of nitrogens with two attached hydrogens (primary N) is 1. The Labute approximate surface area is 99.9 Å². The SMILES string of the molecule is COCOc1cc(CN)ccc1-c1ccoc1. The molecule has 0 aliphatic carbocycles. The van der Waals surface area contributed by atoms with E-state index in [2.05, 4.69) is 0 Å². The highest BCUT2D eigenvalue weighted by Crippen LogP contribution is 2.31. The van der Waals surface area contributed by atoms with Gasteiger partial charge in [0.1, 0.15) is 5.75 Å². The number of benzene rings is 1. The molecule has 1 heterocycles. The highest BCUT2D eigenvalue weighted by atomic mass is 16.7. The second-order valence-electron chi connectivity index (χ2n) is 3.60. The van der Waals surface area contributed by atoms with Gasteiger partial charge in [-0.2, -0.15) is 0 Å².